The molecule has 11 nitrogen and oxygen atoms in total. The number of phenols is 1. The van der Waals surface area contributed by atoms with E-state index in [4.69, 9.17) is 9.47 Å². The number of likely N-dealkylation sites (N-methyl/N-ethyl adjacent to an activating group) is 1. The molecule has 0 radical (unpaired) electrons. The maximum atomic E-state index is 14.0. The van der Waals surface area contributed by atoms with E-state index in [1.807, 2.05) is 13.8 Å². The van der Waals surface area contributed by atoms with Crippen molar-refractivity contribution in [2.45, 2.75) is 26.8 Å². The Balaban J connectivity index is 2.06. The molecule has 13 heteroatoms. The number of nitrogens with zero attached hydrogens (tertiary/aromatic N) is 4. The van der Waals surface area contributed by atoms with Gasteiger partial charge in [-0.05, 0) is 51.1 Å². The third-order valence-corrected chi connectivity index (χ3v) is 8.04. The van der Waals surface area contributed by atoms with Gasteiger partial charge in [0.1, 0.15) is 17.5 Å². The van der Waals surface area contributed by atoms with Crippen LogP contribution in [0.5, 0.6) is 17.2 Å². The molecule has 1 N–H and O–H groups in total. The highest BCUT2D eigenvalue weighted by atomic mass is 79.9. The van der Waals surface area contributed by atoms with Gasteiger partial charge in [0.05, 0.1) is 34.9 Å². The van der Waals surface area contributed by atoms with E-state index in [0.717, 1.165) is 11.3 Å². The Bertz CT molecular complexity index is 1720. The maximum absolute atomic E-state index is 14.0. The number of methoxy groups -OCH3 is 2. The van der Waals surface area contributed by atoms with Gasteiger partial charge in [-0.25, -0.2) is 4.99 Å². The van der Waals surface area contributed by atoms with Crippen LogP contribution in [0.2, 0.25) is 0 Å². The van der Waals surface area contributed by atoms with Crippen LogP contribution in [-0.2, 0) is 4.79 Å². The van der Waals surface area contributed by atoms with Gasteiger partial charge in [-0.2, -0.15) is 0 Å². The highest BCUT2D eigenvalue weighted by Crippen LogP contribution is 2.38. The van der Waals surface area contributed by atoms with Crippen molar-refractivity contribution in [3.63, 3.8) is 0 Å². The third-order valence-electron chi connectivity index (χ3n) is 6.60. The lowest BCUT2D eigenvalue weighted by Crippen LogP contribution is -2.43. The lowest BCUT2D eigenvalue weighted by Gasteiger charge is -2.30. The zero-order chi connectivity index (χ0) is 29.3. The maximum Gasteiger partial charge on any atom is 0.312 e. The molecular formula is C27H27BrN4O7S. The van der Waals surface area contributed by atoms with Crippen LogP contribution in [0.15, 0.2) is 55.9 Å². The van der Waals surface area contributed by atoms with Gasteiger partial charge in [-0.3, -0.25) is 24.3 Å². The molecule has 4 rings (SSSR count). The average molecular weight is 632 g/mol. The molecule has 0 aliphatic carbocycles. The molecule has 2 aromatic carbocycles. The quantitative estimate of drug-likeness (QED) is 0.297. The largest absolute Gasteiger partial charge is 0.502 e. The Morgan fingerprint density at radius 1 is 1.25 bits per heavy atom. The van der Waals surface area contributed by atoms with Crippen LogP contribution in [0.3, 0.4) is 0 Å². The predicted molar refractivity (Wildman–Crippen MR) is 154 cm³/mol. The molecule has 0 fully saturated rings. The van der Waals surface area contributed by atoms with E-state index in [9.17, 15) is 24.8 Å². The Morgan fingerprint density at radius 3 is 2.55 bits per heavy atom. The molecule has 3 aromatic rings. The fraction of sp³-hybridized carbons (Fsp3) is 0.296. The van der Waals surface area contributed by atoms with E-state index in [0.29, 0.717) is 50.7 Å². The highest BCUT2D eigenvalue weighted by Gasteiger charge is 2.36. The minimum atomic E-state index is -0.901. The summed E-state index contributed by atoms with van der Waals surface area (Å²) < 4.78 is 13.0. The van der Waals surface area contributed by atoms with Crippen LogP contribution in [0.1, 0.15) is 37.9 Å². The molecular weight excluding hydrogens is 604 g/mol. The van der Waals surface area contributed by atoms with Gasteiger partial charge in [0.2, 0.25) is 5.75 Å². The number of benzene rings is 2. The summed E-state index contributed by atoms with van der Waals surface area (Å²) in [5, 5.41) is 22.0. The second-order valence-electron chi connectivity index (χ2n) is 8.79. The van der Waals surface area contributed by atoms with Crippen LogP contribution >= 0.6 is 27.3 Å². The number of halogens is 1. The van der Waals surface area contributed by atoms with Gasteiger partial charge in [0.25, 0.3) is 11.5 Å². The first kappa shape index (κ1) is 29.0. The molecule has 0 spiro atoms. The van der Waals surface area contributed by atoms with Crippen LogP contribution in [0.4, 0.5) is 5.69 Å². The van der Waals surface area contributed by atoms with E-state index in [1.165, 1.54) is 37.0 Å². The van der Waals surface area contributed by atoms with Crippen molar-refractivity contribution in [3.8, 4) is 17.2 Å². The van der Waals surface area contributed by atoms with E-state index in [2.05, 4.69) is 20.9 Å². The Hall–Kier alpha value is -3.97. The first-order valence-corrected chi connectivity index (χ1v) is 13.9. The van der Waals surface area contributed by atoms with Crippen molar-refractivity contribution in [1.82, 2.24) is 9.47 Å². The SMILES string of the molecule is CCN(CC)C(=O)C1=C(C)N=c2s/c(=C/c3cc(Br)cc([N+](=O)[O-])c3O)c(=O)n2[C@@H]1c1cc(OC)ccc1OC. The number of ether oxygens (including phenoxy) is 2. The van der Waals surface area contributed by atoms with Crippen molar-refractivity contribution in [2.75, 3.05) is 27.3 Å². The number of hydrogen-bond donors (Lipinski definition) is 1. The number of aromatic nitrogens is 1. The fourth-order valence-electron chi connectivity index (χ4n) is 4.62. The Labute approximate surface area is 241 Å². The molecule has 1 atom stereocenters. The summed E-state index contributed by atoms with van der Waals surface area (Å²) in [5.74, 6) is 0.114. The van der Waals surface area contributed by atoms with Crippen LogP contribution in [0.25, 0.3) is 6.08 Å². The summed E-state index contributed by atoms with van der Waals surface area (Å²) in [6.45, 7) is 6.38. The van der Waals surface area contributed by atoms with E-state index < -0.39 is 28.0 Å². The first-order chi connectivity index (χ1) is 19.1. The van der Waals surface area contributed by atoms with Crippen LogP contribution in [0, 0.1) is 10.1 Å². The second kappa shape index (κ2) is 11.6. The minimum Gasteiger partial charge on any atom is -0.502 e. The molecule has 1 aromatic heterocycles. The average Bonchev–Trinajstić information content (AvgIpc) is 3.23. The number of nitro benzene ring substituents is 1. The molecule has 2 heterocycles. The topological polar surface area (TPSA) is 137 Å². The van der Waals surface area contributed by atoms with E-state index in [-0.39, 0.29) is 16.0 Å². The standard InChI is InChI=1S/C27H27BrN4O7S/c1-6-30(7-2)26(35)22-14(3)29-27-31(23(22)18-13-17(38-4)8-9-20(18)39-5)25(34)21(40-27)11-15-10-16(28)12-19(24(15)33)32(36)37/h8-13,23,33H,6-7H2,1-5H3/b21-11+/t23-/m1/s1. The van der Waals surface area contributed by atoms with Gasteiger partial charge in [-0.15, -0.1) is 0 Å². The lowest BCUT2D eigenvalue weighted by molar-refractivity contribution is -0.385. The Kier molecular flexibility index (Phi) is 8.45. The van der Waals surface area contributed by atoms with Crippen molar-refractivity contribution in [3.05, 3.63) is 87.0 Å². The number of carbonyl (C=O) groups is 1. The zero-order valence-corrected chi connectivity index (χ0v) is 24.8. The highest BCUT2D eigenvalue weighted by molar-refractivity contribution is 9.10. The minimum absolute atomic E-state index is 0.0806. The monoisotopic (exact) mass is 630 g/mol. The third kappa shape index (κ3) is 5.13. The molecule has 1 aliphatic heterocycles. The number of fused-ring (bicyclic) bond motifs is 1. The smallest absolute Gasteiger partial charge is 0.312 e. The Morgan fingerprint density at radius 2 is 1.95 bits per heavy atom. The molecule has 1 aliphatic rings. The summed E-state index contributed by atoms with van der Waals surface area (Å²) in [4.78, 5) is 45.1. The molecule has 0 saturated carbocycles. The van der Waals surface area contributed by atoms with Crippen LogP contribution in [-0.4, -0.2) is 52.7 Å². The zero-order valence-electron chi connectivity index (χ0n) is 22.4. The number of carbonyl (C=O) groups excluding carboxylic acids is 1. The summed E-state index contributed by atoms with van der Waals surface area (Å²) in [6.07, 6.45) is 1.38. The molecule has 0 bridgehead atoms. The number of aromatic hydroxyl groups is 1. The number of amides is 1. The van der Waals surface area contributed by atoms with Crippen molar-refractivity contribution >= 4 is 44.9 Å². The fourth-order valence-corrected chi connectivity index (χ4v) is 6.12. The molecule has 0 unspecified atom stereocenters. The van der Waals surface area contributed by atoms with Crippen molar-refractivity contribution in [2.24, 2.45) is 4.99 Å². The van der Waals surface area contributed by atoms with Gasteiger partial charge in [0.15, 0.2) is 4.80 Å². The number of phenolic OH excluding ortho intramolecular Hbond substituents is 1. The lowest BCUT2D eigenvalue weighted by atomic mass is 9.93. The number of nitro groups is 1. The van der Waals surface area contributed by atoms with Gasteiger partial charge >= 0.3 is 5.69 Å². The van der Waals surface area contributed by atoms with Crippen LogP contribution < -0.4 is 24.4 Å². The predicted octanol–water partition coefficient (Wildman–Crippen LogP) is 3.50. The van der Waals surface area contributed by atoms with Crippen molar-refractivity contribution < 1.29 is 24.3 Å². The summed E-state index contributed by atoms with van der Waals surface area (Å²) in [5.41, 5.74) is 0.376. The number of thiazole rings is 1. The second-order valence-corrected chi connectivity index (χ2v) is 10.7. The first-order valence-electron chi connectivity index (χ1n) is 12.3. The van der Waals surface area contributed by atoms with Crippen molar-refractivity contribution in [1.29, 1.82) is 0 Å². The summed E-state index contributed by atoms with van der Waals surface area (Å²) in [7, 11) is 3.02. The summed E-state index contributed by atoms with van der Waals surface area (Å²) in [6, 6.07) is 6.90. The normalized spacial score (nSPS) is 14.9. The number of allylic oxidation sites excluding steroid dienone is 1. The molecule has 40 heavy (non-hydrogen) atoms. The molecule has 1 amide bonds. The number of hydrogen-bond acceptors (Lipinski definition) is 9. The molecule has 0 saturated heterocycles. The van der Waals surface area contributed by atoms with E-state index in [1.54, 1.807) is 30.0 Å². The van der Waals surface area contributed by atoms with Gasteiger partial charge < -0.3 is 19.5 Å². The molecule has 210 valence electrons. The number of rotatable bonds is 8. The van der Waals surface area contributed by atoms with Gasteiger partial charge in [-0.1, -0.05) is 27.3 Å². The van der Waals surface area contributed by atoms with Gasteiger partial charge in [0, 0.05) is 34.8 Å². The summed E-state index contributed by atoms with van der Waals surface area (Å²) >= 11 is 4.27. The van der Waals surface area contributed by atoms with E-state index >= 15 is 0 Å².